The van der Waals surface area contributed by atoms with Crippen LogP contribution in [0.25, 0.3) is 0 Å². The van der Waals surface area contributed by atoms with Gasteiger partial charge in [0.05, 0.1) is 6.61 Å². The van der Waals surface area contributed by atoms with E-state index in [9.17, 15) is 4.79 Å². The molecule has 1 aliphatic rings. The van der Waals surface area contributed by atoms with Crippen molar-refractivity contribution < 1.29 is 9.53 Å². The molecule has 1 aromatic rings. The number of carbonyl (C=O) groups is 1. The quantitative estimate of drug-likeness (QED) is 0.668. The molecule has 3 nitrogen and oxygen atoms in total. The van der Waals surface area contributed by atoms with Gasteiger partial charge in [-0.2, -0.15) is 0 Å². The third kappa shape index (κ3) is 5.35. The number of carbonyl (C=O) groups excluding carboxylic acids is 1. The summed E-state index contributed by atoms with van der Waals surface area (Å²) in [7, 11) is 0. The fraction of sp³-hybridized carbons (Fsp3) is 0.650. The molecule has 1 heterocycles. The molecular weight excluding hydrogens is 286 g/mol. The van der Waals surface area contributed by atoms with Crippen LogP contribution in [0.3, 0.4) is 0 Å². The molecule has 0 saturated carbocycles. The van der Waals surface area contributed by atoms with Crippen molar-refractivity contribution in [2.24, 2.45) is 5.92 Å². The number of hydrogen-bond acceptors (Lipinski definition) is 3. The molecule has 1 aliphatic heterocycles. The van der Waals surface area contributed by atoms with Gasteiger partial charge in [0.15, 0.2) is 5.78 Å². The van der Waals surface area contributed by atoms with E-state index in [1.54, 1.807) is 0 Å². The van der Waals surface area contributed by atoms with E-state index >= 15 is 0 Å². The van der Waals surface area contributed by atoms with E-state index in [0.717, 1.165) is 61.9 Å². The second-order valence-corrected chi connectivity index (χ2v) is 6.75. The van der Waals surface area contributed by atoms with E-state index in [4.69, 9.17) is 4.74 Å². The first-order valence-electron chi connectivity index (χ1n) is 9.15. The Hall–Kier alpha value is -1.35. The van der Waals surface area contributed by atoms with Gasteiger partial charge in [-0.25, -0.2) is 0 Å². The zero-order chi connectivity index (χ0) is 16.7. The van der Waals surface area contributed by atoms with Crippen molar-refractivity contribution in [2.75, 3.05) is 26.2 Å². The third-order valence-electron chi connectivity index (χ3n) is 4.62. The van der Waals surface area contributed by atoms with E-state index in [0.29, 0.717) is 6.42 Å². The number of rotatable bonds is 8. The highest BCUT2D eigenvalue weighted by Crippen LogP contribution is 2.22. The Morgan fingerprint density at radius 3 is 2.87 bits per heavy atom. The molecule has 0 N–H and O–H groups in total. The Morgan fingerprint density at radius 2 is 2.17 bits per heavy atom. The fourth-order valence-electron chi connectivity index (χ4n) is 3.28. The molecule has 1 aromatic carbocycles. The molecule has 2 rings (SSSR count). The molecule has 1 saturated heterocycles. The van der Waals surface area contributed by atoms with Crippen molar-refractivity contribution in [2.45, 2.75) is 52.9 Å². The molecule has 3 heteroatoms. The lowest BCUT2D eigenvalue weighted by Gasteiger charge is -2.30. The molecule has 0 bridgehead atoms. The van der Waals surface area contributed by atoms with Crippen LogP contribution in [-0.4, -0.2) is 36.9 Å². The lowest BCUT2D eigenvalue weighted by atomic mass is 9.99. The average molecular weight is 317 g/mol. The summed E-state index contributed by atoms with van der Waals surface area (Å²) in [4.78, 5) is 14.9. The highest BCUT2D eigenvalue weighted by atomic mass is 16.5. The minimum absolute atomic E-state index is 0.250. The molecule has 1 atom stereocenters. The van der Waals surface area contributed by atoms with Gasteiger partial charge in [0.1, 0.15) is 5.75 Å². The van der Waals surface area contributed by atoms with Crippen LogP contribution in [0, 0.1) is 5.92 Å². The molecule has 0 aliphatic carbocycles. The largest absolute Gasteiger partial charge is 0.493 e. The number of Topliss-reactive ketones (excluding diaryl/α,β-unsaturated/α-hetero) is 1. The summed E-state index contributed by atoms with van der Waals surface area (Å²) >= 11 is 0. The summed E-state index contributed by atoms with van der Waals surface area (Å²) in [6, 6.07) is 5.90. The van der Waals surface area contributed by atoms with E-state index in [1.807, 2.05) is 18.2 Å². The number of benzene rings is 1. The number of hydrogen-bond donors (Lipinski definition) is 0. The number of ether oxygens (including phenoxy) is 1. The minimum atomic E-state index is 0.250. The van der Waals surface area contributed by atoms with Gasteiger partial charge in [0.2, 0.25) is 0 Å². The summed E-state index contributed by atoms with van der Waals surface area (Å²) < 4.78 is 5.76. The monoisotopic (exact) mass is 317 g/mol. The molecule has 0 aromatic heterocycles. The average Bonchev–Trinajstić information content (AvgIpc) is 2.57. The first-order valence-corrected chi connectivity index (χ1v) is 9.15. The van der Waals surface area contributed by atoms with Crippen LogP contribution in [0.4, 0.5) is 0 Å². The number of aryl methyl sites for hydroxylation is 1. The van der Waals surface area contributed by atoms with Crippen molar-refractivity contribution in [3.05, 3.63) is 29.3 Å². The van der Waals surface area contributed by atoms with Gasteiger partial charge < -0.3 is 9.64 Å². The standard InChI is InChI=1S/C20H31NO2/c1-4-13-23-20-9-8-18(14-17(20)5-2)19(22)10-12-21-11-6-7-16(3)15-21/h8-9,14,16H,4-7,10-13,15H2,1-3H3. The Bertz CT molecular complexity index is 512. The van der Waals surface area contributed by atoms with Crippen molar-refractivity contribution in [1.29, 1.82) is 0 Å². The highest BCUT2D eigenvalue weighted by Gasteiger charge is 2.17. The van der Waals surface area contributed by atoms with Crippen LogP contribution in [0.15, 0.2) is 18.2 Å². The van der Waals surface area contributed by atoms with Gasteiger partial charge in [0.25, 0.3) is 0 Å². The Labute approximate surface area is 141 Å². The number of likely N-dealkylation sites (tertiary alicyclic amines) is 1. The predicted octanol–water partition coefficient (Wildman–Crippen LogP) is 4.34. The second kappa shape index (κ2) is 9.07. The Kier molecular flexibility index (Phi) is 7.10. The molecule has 1 unspecified atom stereocenters. The van der Waals surface area contributed by atoms with Crippen molar-refractivity contribution >= 4 is 5.78 Å². The van der Waals surface area contributed by atoms with Gasteiger partial charge >= 0.3 is 0 Å². The maximum Gasteiger partial charge on any atom is 0.164 e. The summed E-state index contributed by atoms with van der Waals surface area (Å²) in [5.74, 6) is 1.94. The highest BCUT2D eigenvalue weighted by molar-refractivity contribution is 5.96. The van der Waals surface area contributed by atoms with E-state index in [-0.39, 0.29) is 5.78 Å². The maximum atomic E-state index is 12.5. The van der Waals surface area contributed by atoms with E-state index < -0.39 is 0 Å². The van der Waals surface area contributed by atoms with Gasteiger partial charge in [-0.3, -0.25) is 4.79 Å². The minimum Gasteiger partial charge on any atom is -0.493 e. The van der Waals surface area contributed by atoms with Crippen molar-refractivity contribution in [3.8, 4) is 5.75 Å². The molecule has 23 heavy (non-hydrogen) atoms. The van der Waals surface area contributed by atoms with Gasteiger partial charge in [-0.1, -0.05) is 20.8 Å². The number of nitrogens with zero attached hydrogens (tertiary/aromatic N) is 1. The molecular formula is C20H31NO2. The molecule has 1 fully saturated rings. The van der Waals surface area contributed by atoms with Crippen LogP contribution >= 0.6 is 0 Å². The molecule has 128 valence electrons. The molecule has 0 radical (unpaired) electrons. The Balaban J connectivity index is 1.93. The van der Waals surface area contributed by atoms with Crippen LogP contribution in [0.1, 0.15) is 62.4 Å². The summed E-state index contributed by atoms with van der Waals surface area (Å²) in [5, 5.41) is 0. The SMILES string of the molecule is CCCOc1ccc(C(=O)CCN2CCCC(C)C2)cc1CC. The first kappa shape index (κ1) is 18.0. The zero-order valence-corrected chi connectivity index (χ0v) is 14.9. The van der Waals surface area contributed by atoms with Gasteiger partial charge in [-0.05, 0) is 61.9 Å². The molecule has 0 amide bonds. The zero-order valence-electron chi connectivity index (χ0n) is 14.9. The lowest BCUT2D eigenvalue weighted by molar-refractivity contribution is 0.0949. The summed E-state index contributed by atoms with van der Waals surface area (Å²) in [6.07, 6.45) is 5.09. The van der Waals surface area contributed by atoms with Crippen molar-refractivity contribution in [1.82, 2.24) is 4.90 Å². The smallest absolute Gasteiger partial charge is 0.164 e. The normalized spacial score (nSPS) is 18.8. The van der Waals surface area contributed by atoms with Gasteiger partial charge in [-0.15, -0.1) is 0 Å². The molecule has 0 spiro atoms. The van der Waals surface area contributed by atoms with Crippen LogP contribution in [0.2, 0.25) is 0 Å². The number of piperidine rings is 1. The lowest BCUT2D eigenvalue weighted by Crippen LogP contribution is -2.35. The fourth-order valence-corrected chi connectivity index (χ4v) is 3.28. The Morgan fingerprint density at radius 1 is 1.35 bits per heavy atom. The number of ketones is 1. The van der Waals surface area contributed by atoms with Crippen LogP contribution < -0.4 is 4.74 Å². The van der Waals surface area contributed by atoms with E-state index in [1.165, 1.54) is 12.8 Å². The van der Waals surface area contributed by atoms with Crippen LogP contribution in [-0.2, 0) is 6.42 Å². The van der Waals surface area contributed by atoms with E-state index in [2.05, 4.69) is 25.7 Å². The topological polar surface area (TPSA) is 29.5 Å². The second-order valence-electron chi connectivity index (χ2n) is 6.75. The van der Waals surface area contributed by atoms with Gasteiger partial charge in [0, 0.05) is 25.1 Å². The summed E-state index contributed by atoms with van der Waals surface area (Å²) in [6.45, 7) is 10.4. The third-order valence-corrected chi connectivity index (χ3v) is 4.62. The van der Waals surface area contributed by atoms with Crippen LogP contribution in [0.5, 0.6) is 5.75 Å². The predicted molar refractivity (Wildman–Crippen MR) is 95.4 cm³/mol. The first-order chi connectivity index (χ1) is 11.1. The summed E-state index contributed by atoms with van der Waals surface area (Å²) in [5.41, 5.74) is 1.96. The maximum absolute atomic E-state index is 12.5. The van der Waals surface area contributed by atoms with Crippen molar-refractivity contribution in [3.63, 3.8) is 0 Å².